The SMILES string of the molecule is N#Cc1ccccc1-c1ccc2c(c1)C1(c3cc(-c4cccc(-c5cc(-c6ccccc6)nc(-c6ccccc6)n5)c4)ccc3S2)c2ccccc2-c2ccccc21. The maximum atomic E-state index is 10.1. The highest BCUT2D eigenvalue weighted by atomic mass is 32.2. The molecule has 1 aromatic heterocycles. The fourth-order valence-electron chi connectivity index (χ4n) is 9.01. The zero-order chi connectivity index (χ0) is 38.6. The van der Waals surface area contributed by atoms with Gasteiger partial charge in [0.1, 0.15) is 0 Å². The van der Waals surface area contributed by atoms with E-state index < -0.39 is 5.41 Å². The fraction of sp³-hybridized carbons (Fsp3) is 0.0185. The minimum absolute atomic E-state index is 0.573. The second kappa shape index (κ2) is 13.7. The molecule has 3 nitrogen and oxygen atoms in total. The minimum Gasteiger partial charge on any atom is -0.228 e. The highest BCUT2D eigenvalue weighted by Gasteiger charge is 2.50. The number of fused-ring (bicyclic) bond motifs is 9. The molecule has 2 aliphatic rings. The number of rotatable bonds is 5. The van der Waals surface area contributed by atoms with Gasteiger partial charge in [-0.3, -0.25) is 0 Å². The molecule has 2 heterocycles. The molecule has 0 bridgehead atoms. The Labute approximate surface area is 342 Å². The average Bonchev–Trinajstić information content (AvgIpc) is 3.60. The molecule has 270 valence electrons. The topological polar surface area (TPSA) is 49.6 Å². The molecule has 0 saturated carbocycles. The Morgan fingerprint density at radius 1 is 0.379 bits per heavy atom. The Morgan fingerprint density at radius 2 is 0.879 bits per heavy atom. The van der Waals surface area contributed by atoms with Gasteiger partial charge in [0.25, 0.3) is 0 Å². The second-order valence-corrected chi connectivity index (χ2v) is 15.9. The summed E-state index contributed by atoms with van der Waals surface area (Å²) in [5, 5.41) is 10.1. The van der Waals surface area contributed by atoms with Gasteiger partial charge in [0.05, 0.1) is 28.4 Å². The first kappa shape index (κ1) is 34.0. The maximum absolute atomic E-state index is 10.1. The Bertz CT molecular complexity index is 3010. The fourth-order valence-corrected chi connectivity index (χ4v) is 10.2. The van der Waals surface area contributed by atoms with Crippen LogP contribution in [0.15, 0.2) is 210 Å². The van der Waals surface area contributed by atoms with Crippen LogP contribution in [0.4, 0.5) is 0 Å². The van der Waals surface area contributed by atoms with Gasteiger partial charge in [0.15, 0.2) is 5.82 Å². The first-order valence-corrected chi connectivity index (χ1v) is 20.3. The van der Waals surface area contributed by atoms with E-state index in [9.17, 15) is 5.26 Å². The Kier molecular flexibility index (Phi) is 8.03. The van der Waals surface area contributed by atoms with Gasteiger partial charge < -0.3 is 0 Å². The third-order valence-corrected chi connectivity index (χ3v) is 12.8. The lowest BCUT2D eigenvalue weighted by molar-refractivity contribution is 0.723. The van der Waals surface area contributed by atoms with Gasteiger partial charge in [-0.2, -0.15) is 5.26 Å². The minimum atomic E-state index is -0.573. The summed E-state index contributed by atoms with van der Waals surface area (Å²) in [4.78, 5) is 12.6. The molecule has 0 radical (unpaired) electrons. The molecule has 8 aromatic carbocycles. The van der Waals surface area contributed by atoms with Crippen molar-refractivity contribution >= 4 is 11.8 Å². The van der Waals surface area contributed by atoms with Crippen LogP contribution < -0.4 is 0 Å². The lowest BCUT2D eigenvalue weighted by Gasteiger charge is -2.40. The van der Waals surface area contributed by atoms with Gasteiger partial charge in [0, 0.05) is 26.5 Å². The molecular weight excluding hydrogens is 723 g/mol. The van der Waals surface area contributed by atoms with Crippen LogP contribution in [0.5, 0.6) is 0 Å². The van der Waals surface area contributed by atoms with Crippen molar-refractivity contribution in [3.8, 4) is 73.4 Å². The molecule has 1 spiro atoms. The lowest BCUT2D eigenvalue weighted by atomic mass is 9.66. The molecule has 11 rings (SSSR count). The van der Waals surface area contributed by atoms with E-state index in [0.29, 0.717) is 11.4 Å². The Balaban J connectivity index is 1.11. The molecule has 1 aliphatic carbocycles. The standard InChI is InChI=1S/C54H33N3S/c55-34-41-18-7-8-21-42(41)39-27-29-52-48(32-39)54(45-24-11-9-22-43(45)44-23-10-12-25-46(44)54)47-31-38(26-28-51(47)58-52)37-19-13-20-40(30-37)50-33-49(35-14-3-1-4-15-35)56-53(57-50)36-16-5-2-6-17-36/h1-33H. The van der Waals surface area contributed by atoms with Crippen molar-refractivity contribution in [2.75, 3.05) is 0 Å². The van der Waals surface area contributed by atoms with Gasteiger partial charge in [-0.1, -0.05) is 169 Å². The molecular formula is C54H33N3S. The first-order valence-electron chi connectivity index (χ1n) is 19.5. The summed E-state index contributed by atoms with van der Waals surface area (Å²) in [6.07, 6.45) is 0. The second-order valence-electron chi connectivity index (χ2n) is 14.8. The monoisotopic (exact) mass is 755 g/mol. The summed E-state index contributed by atoms with van der Waals surface area (Å²) in [6, 6.07) is 73.3. The van der Waals surface area contributed by atoms with E-state index in [0.717, 1.165) is 50.3 Å². The molecule has 58 heavy (non-hydrogen) atoms. The van der Waals surface area contributed by atoms with Crippen molar-refractivity contribution in [2.24, 2.45) is 0 Å². The van der Waals surface area contributed by atoms with Crippen LogP contribution in [0.2, 0.25) is 0 Å². The van der Waals surface area contributed by atoms with E-state index in [2.05, 4.69) is 152 Å². The third kappa shape index (κ3) is 5.36. The number of benzene rings is 8. The van der Waals surface area contributed by atoms with Crippen molar-refractivity contribution in [1.29, 1.82) is 5.26 Å². The smallest absolute Gasteiger partial charge is 0.160 e. The Morgan fingerprint density at radius 3 is 1.55 bits per heavy atom. The summed E-state index contributed by atoms with van der Waals surface area (Å²) in [5.41, 5.74) is 16.7. The van der Waals surface area contributed by atoms with E-state index in [1.807, 2.05) is 66.4 Å². The van der Waals surface area contributed by atoms with Crippen LogP contribution in [0.1, 0.15) is 27.8 Å². The van der Waals surface area contributed by atoms with Crippen LogP contribution in [0, 0.1) is 11.3 Å². The molecule has 9 aromatic rings. The number of hydrogen-bond donors (Lipinski definition) is 0. The van der Waals surface area contributed by atoms with Crippen molar-refractivity contribution in [1.82, 2.24) is 9.97 Å². The van der Waals surface area contributed by atoms with E-state index in [-0.39, 0.29) is 0 Å². The molecule has 0 fully saturated rings. The van der Waals surface area contributed by atoms with Gasteiger partial charge in [-0.05, 0) is 98.1 Å². The maximum Gasteiger partial charge on any atom is 0.160 e. The summed E-state index contributed by atoms with van der Waals surface area (Å²) >= 11 is 1.83. The molecule has 0 amide bonds. The van der Waals surface area contributed by atoms with E-state index >= 15 is 0 Å². The number of nitriles is 1. The van der Waals surface area contributed by atoms with Gasteiger partial charge in [-0.15, -0.1) is 0 Å². The van der Waals surface area contributed by atoms with Gasteiger partial charge in [-0.25, -0.2) is 9.97 Å². The van der Waals surface area contributed by atoms with E-state index in [1.54, 1.807) is 0 Å². The van der Waals surface area contributed by atoms with Crippen LogP contribution in [0.3, 0.4) is 0 Å². The predicted octanol–water partition coefficient (Wildman–Crippen LogP) is 13.5. The van der Waals surface area contributed by atoms with Crippen molar-refractivity contribution in [3.63, 3.8) is 0 Å². The van der Waals surface area contributed by atoms with Crippen LogP contribution in [-0.2, 0) is 5.41 Å². The molecule has 0 unspecified atom stereocenters. The Hall–Kier alpha value is -7.32. The summed E-state index contributed by atoms with van der Waals surface area (Å²) < 4.78 is 0. The number of nitrogens with zero attached hydrogens (tertiary/aromatic N) is 3. The van der Waals surface area contributed by atoms with Crippen molar-refractivity contribution in [3.05, 3.63) is 228 Å². The largest absolute Gasteiger partial charge is 0.228 e. The zero-order valence-electron chi connectivity index (χ0n) is 31.3. The molecule has 1 aliphatic heterocycles. The average molecular weight is 756 g/mol. The number of hydrogen-bond acceptors (Lipinski definition) is 4. The molecule has 0 N–H and O–H groups in total. The zero-order valence-corrected chi connectivity index (χ0v) is 32.1. The lowest BCUT2D eigenvalue weighted by Crippen LogP contribution is -2.32. The highest BCUT2D eigenvalue weighted by molar-refractivity contribution is 7.99. The summed E-state index contributed by atoms with van der Waals surface area (Å²) in [7, 11) is 0. The molecule has 0 atom stereocenters. The van der Waals surface area contributed by atoms with Gasteiger partial charge in [0.2, 0.25) is 0 Å². The molecule has 0 saturated heterocycles. The van der Waals surface area contributed by atoms with Crippen LogP contribution in [0.25, 0.3) is 67.3 Å². The first-order chi connectivity index (χ1) is 28.7. The van der Waals surface area contributed by atoms with Crippen LogP contribution in [-0.4, -0.2) is 9.97 Å². The van der Waals surface area contributed by atoms with Gasteiger partial charge >= 0.3 is 0 Å². The third-order valence-electron chi connectivity index (χ3n) is 11.6. The number of aromatic nitrogens is 2. The normalized spacial score (nSPS) is 12.9. The van der Waals surface area contributed by atoms with Crippen LogP contribution >= 0.6 is 11.8 Å². The quantitative estimate of drug-likeness (QED) is 0.175. The predicted molar refractivity (Wildman–Crippen MR) is 235 cm³/mol. The van der Waals surface area contributed by atoms with E-state index in [1.165, 1.54) is 43.2 Å². The van der Waals surface area contributed by atoms with Crippen molar-refractivity contribution < 1.29 is 0 Å². The van der Waals surface area contributed by atoms with E-state index in [4.69, 9.17) is 9.97 Å². The summed E-state index contributed by atoms with van der Waals surface area (Å²) in [6.45, 7) is 0. The van der Waals surface area contributed by atoms with Crippen molar-refractivity contribution in [2.45, 2.75) is 15.2 Å². The summed E-state index contributed by atoms with van der Waals surface area (Å²) in [5.74, 6) is 0.698. The highest BCUT2D eigenvalue weighted by Crippen LogP contribution is 2.62. The molecule has 4 heteroatoms.